The van der Waals surface area contributed by atoms with E-state index in [0.717, 1.165) is 22.3 Å². The van der Waals surface area contributed by atoms with Gasteiger partial charge in [-0.2, -0.15) is 0 Å². The van der Waals surface area contributed by atoms with E-state index in [1.807, 2.05) is 31.2 Å². The van der Waals surface area contributed by atoms with E-state index in [4.69, 9.17) is 9.47 Å². The van der Waals surface area contributed by atoms with Crippen LogP contribution in [0.25, 0.3) is 11.1 Å². The number of nitrogens with zero attached hydrogens (tertiary/aromatic N) is 1. The van der Waals surface area contributed by atoms with Crippen LogP contribution in [0.4, 0.5) is 4.79 Å². The number of nitrogens with one attached hydrogen (secondary N) is 1. The van der Waals surface area contributed by atoms with Crippen LogP contribution in [-0.4, -0.2) is 66.9 Å². The van der Waals surface area contributed by atoms with Crippen molar-refractivity contribution < 1.29 is 29.0 Å². The molecule has 1 saturated heterocycles. The molecule has 0 bridgehead atoms. The molecule has 2 aromatic rings. The number of piperidine rings is 1. The minimum absolute atomic E-state index is 0.0272. The molecule has 2 aliphatic carbocycles. The fraction of sp³-hybridized carbons (Fsp3) is 0.444. The molecule has 8 heteroatoms. The van der Waals surface area contributed by atoms with Crippen LogP contribution in [0.5, 0.6) is 0 Å². The lowest BCUT2D eigenvalue weighted by Gasteiger charge is -2.23. The molecule has 3 unspecified atom stereocenters. The summed E-state index contributed by atoms with van der Waals surface area (Å²) in [7, 11) is 0. The van der Waals surface area contributed by atoms with E-state index in [-0.39, 0.29) is 43.9 Å². The second kappa shape index (κ2) is 9.34. The van der Waals surface area contributed by atoms with Crippen LogP contribution in [0.15, 0.2) is 48.5 Å². The maximum Gasteiger partial charge on any atom is 0.407 e. The monoisotopic (exact) mass is 478 g/mol. The number of alkyl carbamates (subject to hydrolysis) is 1. The number of rotatable bonds is 9. The summed E-state index contributed by atoms with van der Waals surface area (Å²) in [5.74, 6) is -0.948. The van der Waals surface area contributed by atoms with Gasteiger partial charge in [0.15, 0.2) is 0 Å². The highest BCUT2D eigenvalue weighted by molar-refractivity contribution is 5.84. The van der Waals surface area contributed by atoms with Crippen LogP contribution in [0.3, 0.4) is 0 Å². The van der Waals surface area contributed by atoms with Crippen LogP contribution in [0, 0.1) is 11.3 Å². The number of hydrogen-bond donors (Lipinski definition) is 2. The maximum atomic E-state index is 12.7. The van der Waals surface area contributed by atoms with Crippen molar-refractivity contribution in [2.45, 2.75) is 31.8 Å². The first-order valence-electron chi connectivity index (χ1n) is 12.1. The third-order valence-electron chi connectivity index (χ3n) is 7.55. The predicted molar refractivity (Wildman–Crippen MR) is 128 cm³/mol. The SMILES string of the molecule is CCOC(CNC(=O)OCC1c2ccccc2-c2ccccc21)CC(=O)N1CC2CC2(C(=O)O)C1. The smallest absolute Gasteiger partial charge is 0.407 e. The zero-order chi connectivity index (χ0) is 24.6. The van der Waals surface area contributed by atoms with Crippen molar-refractivity contribution in [3.8, 4) is 11.1 Å². The van der Waals surface area contributed by atoms with E-state index in [9.17, 15) is 19.5 Å². The normalized spacial score (nSPS) is 22.7. The molecular formula is C27H30N2O6. The fourth-order valence-electron chi connectivity index (χ4n) is 5.60. The Kier molecular flexibility index (Phi) is 6.23. The molecule has 0 radical (unpaired) electrons. The molecule has 0 aromatic heterocycles. The van der Waals surface area contributed by atoms with Crippen LogP contribution in [0.2, 0.25) is 0 Å². The van der Waals surface area contributed by atoms with Crippen molar-refractivity contribution in [2.75, 3.05) is 32.8 Å². The van der Waals surface area contributed by atoms with Gasteiger partial charge in [0, 0.05) is 32.2 Å². The number of hydrogen-bond acceptors (Lipinski definition) is 5. The Bertz CT molecular complexity index is 1100. The number of amides is 2. The highest BCUT2D eigenvalue weighted by Gasteiger charge is 2.66. The lowest BCUT2D eigenvalue weighted by molar-refractivity contribution is -0.144. The topological polar surface area (TPSA) is 105 Å². The van der Waals surface area contributed by atoms with Crippen molar-refractivity contribution in [1.82, 2.24) is 10.2 Å². The molecule has 184 valence electrons. The van der Waals surface area contributed by atoms with Gasteiger partial charge in [-0.15, -0.1) is 0 Å². The molecule has 3 atom stereocenters. The molecule has 2 aromatic carbocycles. The minimum atomic E-state index is -0.823. The third kappa shape index (κ3) is 4.38. The number of likely N-dealkylation sites (tertiary alicyclic amines) is 1. The van der Waals surface area contributed by atoms with Crippen molar-refractivity contribution in [2.24, 2.45) is 11.3 Å². The molecule has 2 N–H and O–H groups in total. The van der Waals surface area contributed by atoms with Gasteiger partial charge < -0.3 is 24.8 Å². The Labute approximate surface area is 204 Å². The largest absolute Gasteiger partial charge is 0.481 e. The van der Waals surface area contributed by atoms with Crippen molar-refractivity contribution in [1.29, 1.82) is 0 Å². The molecule has 2 fully saturated rings. The van der Waals surface area contributed by atoms with Gasteiger partial charge in [-0.3, -0.25) is 9.59 Å². The first-order chi connectivity index (χ1) is 16.9. The molecule has 1 heterocycles. The van der Waals surface area contributed by atoms with Gasteiger partial charge in [-0.25, -0.2) is 4.79 Å². The number of carbonyl (C=O) groups is 3. The molecule has 2 amide bonds. The molecule has 35 heavy (non-hydrogen) atoms. The van der Waals surface area contributed by atoms with Crippen molar-refractivity contribution in [3.63, 3.8) is 0 Å². The zero-order valence-corrected chi connectivity index (χ0v) is 19.7. The average Bonchev–Trinajstić information content (AvgIpc) is 3.28. The minimum Gasteiger partial charge on any atom is -0.481 e. The Balaban J connectivity index is 1.13. The van der Waals surface area contributed by atoms with E-state index in [1.165, 1.54) is 0 Å². The standard InChI is InChI=1S/C27H30N2O6/c1-2-34-18(11-24(30)29-14-17-12-27(17,16-29)25(31)32)13-28-26(33)35-15-23-21-9-5-3-7-19(21)20-8-4-6-10-22(20)23/h3-10,17-18,23H,2,11-16H2,1H3,(H,28,33)(H,31,32). The van der Waals surface area contributed by atoms with Crippen LogP contribution >= 0.6 is 0 Å². The van der Waals surface area contributed by atoms with Gasteiger partial charge in [0.25, 0.3) is 0 Å². The van der Waals surface area contributed by atoms with Gasteiger partial charge in [0.05, 0.1) is 17.9 Å². The Morgan fingerprint density at radius 3 is 2.37 bits per heavy atom. The Morgan fingerprint density at radius 2 is 1.77 bits per heavy atom. The van der Waals surface area contributed by atoms with Crippen molar-refractivity contribution >= 4 is 18.0 Å². The molecule has 8 nitrogen and oxygen atoms in total. The summed E-state index contributed by atoms with van der Waals surface area (Å²) in [5.41, 5.74) is 3.85. The second-order valence-corrected chi connectivity index (χ2v) is 9.62. The molecule has 0 spiro atoms. The van der Waals surface area contributed by atoms with Gasteiger partial charge in [-0.1, -0.05) is 48.5 Å². The summed E-state index contributed by atoms with van der Waals surface area (Å²) >= 11 is 0. The number of benzene rings is 2. The lowest BCUT2D eigenvalue weighted by Crippen LogP contribution is -2.40. The Morgan fingerprint density at radius 1 is 1.11 bits per heavy atom. The van der Waals surface area contributed by atoms with E-state index in [0.29, 0.717) is 19.6 Å². The van der Waals surface area contributed by atoms with E-state index in [2.05, 4.69) is 29.6 Å². The summed E-state index contributed by atoms with van der Waals surface area (Å²) in [6, 6.07) is 16.3. The first-order valence-corrected chi connectivity index (χ1v) is 12.1. The van der Waals surface area contributed by atoms with Crippen LogP contribution in [0.1, 0.15) is 36.8 Å². The van der Waals surface area contributed by atoms with E-state index >= 15 is 0 Å². The summed E-state index contributed by atoms with van der Waals surface area (Å²) in [4.78, 5) is 38.4. The first kappa shape index (κ1) is 23.4. The molecule has 1 aliphatic heterocycles. The van der Waals surface area contributed by atoms with Gasteiger partial charge >= 0.3 is 12.1 Å². The molecule has 3 aliphatic rings. The summed E-state index contributed by atoms with van der Waals surface area (Å²) in [5, 5.41) is 12.2. The average molecular weight is 479 g/mol. The fourth-order valence-corrected chi connectivity index (χ4v) is 5.60. The Hall–Kier alpha value is -3.39. The van der Waals surface area contributed by atoms with Gasteiger partial charge in [0.2, 0.25) is 5.91 Å². The predicted octanol–water partition coefficient (Wildman–Crippen LogP) is 3.25. The number of carbonyl (C=O) groups excluding carboxylic acids is 2. The van der Waals surface area contributed by atoms with Gasteiger partial charge in [-0.05, 0) is 41.5 Å². The van der Waals surface area contributed by atoms with E-state index in [1.54, 1.807) is 4.90 Å². The number of ether oxygens (including phenoxy) is 2. The van der Waals surface area contributed by atoms with Crippen molar-refractivity contribution in [3.05, 3.63) is 59.7 Å². The third-order valence-corrected chi connectivity index (χ3v) is 7.55. The quantitative estimate of drug-likeness (QED) is 0.573. The summed E-state index contributed by atoms with van der Waals surface area (Å²) < 4.78 is 11.2. The number of carboxylic acid groups (broad SMARTS) is 1. The highest BCUT2D eigenvalue weighted by atomic mass is 16.5. The van der Waals surface area contributed by atoms with Crippen LogP contribution < -0.4 is 5.32 Å². The molecular weight excluding hydrogens is 448 g/mol. The van der Waals surface area contributed by atoms with Gasteiger partial charge in [0.1, 0.15) is 6.61 Å². The maximum absolute atomic E-state index is 12.7. The number of carboxylic acids is 1. The lowest BCUT2D eigenvalue weighted by atomic mass is 9.98. The zero-order valence-electron chi connectivity index (χ0n) is 19.7. The van der Waals surface area contributed by atoms with Crippen LogP contribution in [-0.2, 0) is 19.1 Å². The summed E-state index contributed by atoms with van der Waals surface area (Å²) in [6.45, 7) is 3.30. The second-order valence-electron chi connectivity index (χ2n) is 9.62. The number of fused-ring (bicyclic) bond motifs is 4. The molecule has 1 saturated carbocycles. The molecule has 5 rings (SSSR count). The summed E-state index contributed by atoms with van der Waals surface area (Å²) in [6.07, 6.45) is -0.341. The van der Waals surface area contributed by atoms with E-state index < -0.39 is 23.6 Å². The number of aliphatic carboxylic acids is 1. The highest BCUT2D eigenvalue weighted by Crippen LogP contribution is 2.58.